The monoisotopic (exact) mass is 311 g/mol. The van der Waals surface area contributed by atoms with Crippen molar-refractivity contribution in [2.45, 2.75) is 26.5 Å². The molecule has 1 aromatic heterocycles. The van der Waals surface area contributed by atoms with E-state index in [9.17, 15) is 0 Å². The molecule has 0 amide bonds. The Bertz CT molecular complexity index is 540. The van der Waals surface area contributed by atoms with Gasteiger partial charge in [-0.2, -0.15) is 4.98 Å². The second-order valence-electron chi connectivity index (χ2n) is 3.99. The van der Waals surface area contributed by atoms with Crippen LogP contribution in [0.15, 0.2) is 27.2 Å². The van der Waals surface area contributed by atoms with E-state index in [1.54, 1.807) is 6.92 Å². The van der Waals surface area contributed by atoms with Gasteiger partial charge in [-0.05, 0) is 25.1 Å². The number of hydrogen-bond donors (Lipinski definition) is 1. The van der Waals surface area contributed by atoms with Crippen LogP contribution in [0.4, 0.5) is 0 Å². The van der Waals surface area contributed by atoms with Crippen LogP contribution in [0, 0.1) is 6.92 Å². The standard InChI is InChI=1S/C12H14BrN3O2/c1-7(14)10-5-9(13)3-4-11(10)17-6-12-15-8(2)18-16-12/h3-5,7H,6,14H2,1-2H3/t7-/m0/s1. The second kappa shape index (κ2) is 5.49. The smallest absolute Gasteiger partial charge is 0.223 e. The zero-order valence-electron chi connectivity index (χ0n) is 10.2. The molecule has 2 N–H and O–H groups in total. The van der Waals surface area contributed by atoms with E-state index >= 15 is 0 Å². The van der Waals surface area contributed by atoms with Gasteiger partial charge in [0.1, 0.15) is 5.75 Å². The highest BCUT2D eigenvalue weighted by molar-refractivity contribution is 9.10. The average Bonchev–Trinajstić information content (AvgIpc) is 2.73. The number of nitrogens with zero attached hydrogens (tertiary/aromatic N) is 2. The van der Waals surface area contributed by atoms with E-state index in [0.29, 0.717) is 11.7 Å². The third-order valence-electron chi connectivity index (χ3n) is 2.39. The van der Waals surface area contributed by atoms with E-state index < -0.39 is 0 Å². The maximum absolute atomic E-state index is 5.91. The van der Waals surface area contributed by atoms with Gasteiger partial charge in [0.2, 0.25) is 11.7 Å². The van der Waals surface area contributed by atoms with Gasteiger partial charge in [0, 0.05) is 23.0 Å². The maximum Gasteiger partial charge on any atom is 0.223 e. The van der Waals surface area contributed by atoms with Gasteiger partial charge in [-0.1, -0.05) is 21.1 Å². The van der Waals surface area contributed by atoms with Gasteiger partial charge >= 0.3 is 0 Å². The quantitative estimate of drug-likeness (QED) is 0.939. The molecule has 2 rings (SSSR count). The molecule has 0 spiro atoms. The fourth-order valence-electron chi connectivity index (χ4n) is 1.55. The Morgan fingerprint density at radius 3 is 2.89 bits per heavy atom. The minimum Gasteiger partial charge on any atom is -0.485 e. The Labute approximate surface area is 113 Å². The summed E-state index contributed by atoms with van der Waals surface area (Å²) >= 11 is 3.41. The summed E-state index contributed by atoms with van der Waals surface area (Å²) in [4.78, 5) is 4.07. The SMILES string of the molecule is Cc1nc(COc2ccc(Br)cc2[C@H](C)N)no1. The third kappa shape index (κ3) is 3.08. The lowest BCUT2D eigenvalue weighted by Crippen LogP contribution is -2.08. The van der Waals surface area contributed by atoms with Crippen molar-refractivity contribution >= 4 is 15.9 Å². The van der Waals surface area contributed by atoms with Crippen molar-refractivity contribution in [3.8, 4) is 5.75 Å². The van der Waals surface area contributed by atoms with Crippen LogP contribution >= 0.6 is 15.9 Å². The summed E-state index contributed by atoms with van der Waals surface area (Å²) in [5.74, 6) is 1.78. The third-order valence-corrected chi connectivity index (χ3v) is 2.88. The summed E-state index contributed by atoms with van der Waals surface area (Å²) in [6.07, 6.45) is 0. The number of halogens is 1. The summed E-state index contributed by atoms with van der Waals surface area (Å²) < 4.78 is 11.5. The highest BCUT2D eigenvalue weighted by atomic mass is 79.9. The topological polar surface area (TPSA) is 74.2 Å². The molecule has 0 radical (unpaired) electrons. The van der Waals surface area contributed by atoms with Crippen LogP contribution in [0.25, 0.3) is 0 Å². The first-order valence-corrected chi connectivity index (χ1v) is 6.32. The van der Waals surface area contributed by atoms with Crippen molar-refractivity contribution in [2.24, 2.45) is 5.73 Å². The van der Waals surface area contributed by atoms with E-state index in [0.717, 1.165) is 15.8 Å². The zero-order valence-corrected chi connectivity index (χ0v) is 11.8. The number of hydrogen-bond acceptors (Lipinski definition) is 5. The number of ether oxygens (including phenoxy) is 1. The lowest BCUT2D eigenvalue weighted by atomic mass is 10.1. The maximum atomic E-state index is 5.91. The highest BCUT2D eigenvalue weighted by Gasteiger charge is 2.10. The molecular formula is C12H14BrN3O2. The van der Waals surface area contributed by atoms with E-state index in [1.807, 2.05) is 25.1 Å². The molecule has 1 heterocycles. The predicted octanol–water partition coefficient (Wildman–Crippen LogP) is 2.74. The van der Waals surface area contributed by atoms with Gasteiger partial charge in [-0.25, -0.2) is 0 Å². The van der Waals surface area contributed by atoms with E-state index in [4.69, 9.17) is 15.0 Å². The summed E-state index contributed by atoms with van der Waals surface area (Å²) in [5.41, 5.74) is 6.84. The first-order chi connectivity index (χ1) is 8.56. The van der Waals surface area contributed by atoms with Crippen molar-refractivity contribution in [2.75, 3.05) is 0 Å². The van der Waals surface area contributed by atoms with Crippen LogP contribution in [0.5, 0.6) is 5.75 Å². The molecule has 1 aromatic carbocycles. The number of benzene rings is 1. The summed E-state index contributed by atoms with van der Waals surface area (Å²) in [6, 6.07) is 5.62. The lowest BCUT2D eigenvalue weighted by Gasteiger charge is -2.13. The fraction of sp³-hybridized carbons (Fsp3) is 0.333. The van der Waals surface area contributed by atoms with Crippen LogP contribution in [-0.4, -0.2) is 10.1 Å². The van der Waals surface area contributed by atoms with Crippen molar-refractivity contribution < 1.29 is 9.26 Å². The first-order valence-electron chi connectivity index (χ1n) is 5.53. The van der Waals surface area contributed by atoms with E-state index in [1.165, 1.54) is 0 Å². The van der Waals surface area contributed by atoms with Crippen LogP contribution in [0.1, 0.15) is 30.2 Å². The molecule has 1 atom stereocenters. The number of rotatable bonds is 4. The number of aryl methyl sites for hydroxylation is 1. The van der Waals surface area contributed by atoms with Crippen molar-refractivity contribution in [1.29, 1.82) is 0 Å². The van der Waals surface area contributed by atoms with Crippen LogP contribution < -0.4 is 10.5 Å². The number of aromatic nitrogens is 2. The van der Waals surface area contributed by atoms with Crippen LogP contribution in [-0.2, 0) is 6.61 Å². The number of nitrogens with two attached hydrogens (primary N) is 1. The molecule has 96 valence electrons. The minimum absolute atomic E-state index is 0.107. The molecule has 0 bridgehead atoms. The largest absolute Gasteiger partial charge is 0.485 e. The molecule has 0 aliphatic rings. The van der Waals surface area contributed by atoms with Crippen LogP contribution in [0.3, 0.4) is 0 Å². The van der Waals surface area contributed by atoms with Crippen molar-refractivity contribution in [1.82, 2.24) is 10.1 Å². The lowest BCUT2D eigenvalue weighted by molar-refractivity contribution is 0.282. The Morgan fingerprint density at radius 2 is 2.28 bits per heavy atom. The van der Waals surface area contributed by atoms with Gasteiger partial charge in [-0.3, -0.25) is 0 Å². The van der Waals surface area contributed by atoms with Gasteiger partial charge in [0.15, 0.2) is 6.61 Å². The minimum atomic E-state index is -0.107. The Balaban J connectivity index is 2.13. The fourth-order valence-corrected chi connectivity index (χ4v) is 1.93. The molecule has 6 heteroatoms. The van der Waals surface area contributed by atoms with Gasteiger partial charge in [-0.15, -0.1) is 0 Å². The Kier molecular flexibility index (Phi) is 3.98. The first kappa shape index (κ1) is 13.0. The van der Waals surface area contributed by atoms with Gasteiger partial charge in [0.25, 0.3) is 0 Å². The van der Waals surface area contributed by atoms with Crippen molar-refractivity contribution in [3.05, 3.63) is 40.0 Å². The molecular weight excluding hydrogens is 298 g/mol. The molecule has 2 aromatic rings. The molecule has 0 aliphatic carbocycles. The molecule has 0 aliphatic heterocycles. The van der Waals surface area contributed by atoms with E-state index in [-0.39, 0.29) is 12.6 Å². The predicted molar refractivity (Wildman–Crippen MR) is 70.1 cm³/mol. The molecule has 0 fully saturated rings. The van der Waals surface area contributed by atoms with Crippen molar-refractivity contribution in [3.63, 3.8) is 0 Å². The molecule has 0 saturated carbocycles. The average molecular weight is 312 g/mol. The highest BCUT2D eigenvalue weighted by Crippen LogP contribution is 2.27. The second-order valence-corrected chi connectivity index (χ2v) is 4.90. The van der Waals surface area contributed by atoms with Gasteiger partial charge < -0.3 is 15.0 Å². The Hall–Kier alpha value is -1.40. The molecule has 0 saturated heterocycles. The Morgan fingerprint density at radius 1 is 1.50 bits per heavy atom. The van der Waals surface area contributed by atoms with E-state index in [2.05, 4.69) is 26.1 Å². The summed E-state index contributed by atoms with van der Waals surface area (Å²) in [5, 5.41) is 3.77. The molecule has 18 heavy (non-hydrogen) atoms. The molecule has 5 nitrogen and oxygen atoms in total. The van der Waals surface area contributed by atoms with Gasteiger partial charge in [0.05, 0.1) is 0 Å². The molecule has 0 unspecified atom stereocenters. The zero-order chi connectivity index (χ0) is 13.1. The normalized spacial score (nSPS) is 12.4. The van der Waals surface area contributed by atoms with Crippen LogP contribution in [0.2, 0.25) is 0 Å². The summed E-state index contributed by atoms with van der Waals surface area (Å²) in [7, 11) is 0. The summed E-state index contributed by atoms with van der Waals surface area (Å²) in [6.45, 7) is 3.91.